The summed E-state index contributed by atoms with van der Waals surface area (Å²) < 4.78 is 18.6. The fourth-order valence-corrected chi connectivity index (χ4v) is 6.47. The SMILES string of the molecule is CC(C)C12C[C@@H](OC(=O)CO)[C@@](C)(O1)[C@@H]1CC[C@@H](C)[C@H]1[C@@H]2OC(=O)/C=C/c1ccc(Cl)cc1. The van der Waals surface area contributed by atoms with Crippen molar-refractivity contribution in [3.63, 3.8) is 0 Å². The molecule has 0 aromatic heterocycles. The van der Waals surface area contributed by atoms with Crippen molar-refractivity contribution in [1.29, 1.82) is 0 Å². The van der Waals surface area contributed by atoms with E-state index in [1.165, 1.54) is 6.08 Å². The molecule has 2 bridgehead atoms. The number of carbonyl (C=O) groups excluding carboxylic acids is 2. The van der Waals surface area contributed by atoms with Crippen molar-refractivity contribution in [3.05, 3.63) is 40.9 Å². The standard InChI is InChI=1S/C26H33ClO6/c1-15(2)26-13-20(31-22(30)14-28)25(4,33-26)19-11-5-16(3)23(19)24(26)32-21(29)12-8-17-6-9-18(27)10-7-17/h6-10,12,15-16,19-20,23-24,28H,5,11,13-14H2,1-4H3/b12-8+/t16-,19-,20-,23-,24+,25+,26?/m1/s1. The maximum atomic E-state index is 13.0. The van der Waals surface area contributed by atoms with Gasteiger partial charge in [-0.1, -0.05) is 44.5 Å². The Bertz CT molecular complexity index is 927. The average molecular weight is 477 g/mol. The molecule has 3 fully saturated rings. The number of hydrogen-bond acceptors (Lipinski definition) is 6. The lowest BCUT2D eigenvalue weighted by molar-refractivity contribution is -0.264. The second kappa shape index (κ2) is 9.05. The Labute approximate surface area is 200 Å². The van der Waals surface area contributed by atoms with Crippen molar-refractivity contribution in [1.82, 2.24) is 0 Å². The first-order valence-corrected chi connectivity index (χ1v) is 12.1. The highest BCUT2D eigenvalue weighted by molar-refractivity contribution is 6.30. The molecule has 0 amide bonds. The van der Waals surface area contributed by atoms with E-state index in [4.69, 9.17) is 25.8 Å². The van der Waals surface area contributed by atoms with E-state index in [1.807, 2.05) is 19.1 Å². The van der Waals surface area contributed by atoms with E-state index in [-0.39, 0.29) is 17.8 Å². The Kier molecular flexibility index (Phi) is 6.64. The first-order chi connectivity index (χ1) is 15.6. The van der Waals surface area contributed by atoms with Crippen molar-refractivity contribution in [2.24, 2.45) is 23.7 Å². The van der Waals surface area contributed by atoms with E-state index in [0.717, 1.165) is 18.4 Å². The van der Waals surface area contributed by atoms with Crippen molar-refractivity contribution in [2.45, 2.75) is 70.4 Å². The van der Waals surface area contributed by atoms with Crippen molar-refractivity contribution in [3.8, 4) is 0 Å². The molecule has 0 spiro atoms. The fourth-order valence-electron chi connectivity index (χ4n) is 6.34. The minimum Gasteiger partial charge on any atom is -0.457 e. The Hall–Kier alpha value is -1.89. The number of rotatable bonds is 6. The lowest BCUT2D eigenvalue weighted by Crippen LogP contribution is -2.62. The van der Waals surface area contributed by atoms with E-state index in [9.17, 15) is 14.7 Å². The summed E-state index contributed by atoms with van der Waals surface area (Å²) in [5.41, 5.74) is -0.586. The van der Waals surface area contributed by atoms with Crippen LogP contribution in [-0.2, 0) is 23.8 Å². The van der Waals surface area contributed by atoms with Crippen LogP contribution in [0, 0.1) is 23.7 Å². The van der Waals surface area contributed by atoms with Crippen LogP contribution in [0.3, 0.4) is 0 Å². The van der Waals surface area contributed by atoms with Gasteiger partial charge in [0.15, 0.2) is 0 Å². The number of esters is 2. The van der Waals surface area contributed by atoms with Gasteiger partial charge in [-0.3, -0.25) is 0 Å². The van der Waals surface area contributed by atoms with Gasteiger partial charge in [-0.2, -0.15) is 0 Å². The maximum Gasteiger partial charge on any atom is 0.332 e. The van der Waals surface area contributed by atoms with Crippen LogP contribution in [0.15, 0.2) is 30.3 Å². The molecule has 3 aliphatic rings. The molecular formula is C26H33ClO6. The minimum atomic E-state index is -0.765. The topological polar surface area (TPSA) is 82.1 Å². The highest BCUT2D eigenvalue weighted by atomic mass is 35.5. The minimum absolute atomic E-state index is 0.0291. The van der Waals surface area contributed by atoms with Gasteiger partial charge in [0.05, 0.1) is 0 Å². The average Bonchev–Trinajstić information content (AvgIpc) is 3.29. The molecule has 6 nitrogen and oxygen atoms in total. The number of benzene rings is 1. The largest absolute Gasteiger partial charge is 0.457 e. The Morgan fingerprint density at radius 2 is 1.94 bits per heavy atom. The summed E-state index contributed by atoms with van der Waals surface area (Å²) in [7, 11) is 0. The summed E-state index contributed by atoms with van der Waals surface area (Å²) in [5.74, 6) is -0.495. The molecule has 0 radical (unpaired) electrons. The van der Waals surface area contributed by atoms with Crippen molar-refractivity contribution < 1.29 is 28.9 Å². The van der Waals surface area contributed by atoms with Crippen LogP contribution in [0.2, 0.25) is 5.02 Å². The number of aliphatic hydroxyl groups excluding tert-OH is 1. The van der Waals surface area contributed by atoms with Gasteiger partial charge < -0.3 is 19.3 Å². The van der Waals surface area contributed by atoms with Gasteiger partial charge in [0.2, 0.25) is 0 Å². The first-order valence-electron chi connectivity index (χ1n) is 11.8. The van der Waals surface area contributed by atoms with Crippen LogP contribution in [0.5, 0.6) is 0 Å². The van der Waals surface area contributed by atoms with Crippen LogP contribution < -0.4 is 0 Å². The zero-order chi connectivity index (χ0) is 24.0. The van der Waals surface area contributed by atoms with E-state index < -0.39 is 42.0 Å². The smallest absolute Gasteiger partial charge is 0.332 e. The van der Waals surface area contributed by atoms with Crippen molar-refractivity contribution in [2.75, 3.05) is 6.61 Å². The van der Waals surface area contributed by atoms with Crippen LogP contribution in [0.1, 0.15) is 52.5 Å². The third kappa shape index (κ3) is 4.22. The molecule has 1 unspecified atom stereocenters. The molecule has 2 saturated heterocycles. The third-order valence-electron chi connectivity index (χ3n) is 8.08. The predicted octanol–water partition coefficient (Wildman–Crippen LogP) is 4.42. The molecule has 2 aliphatic heterocycles. The molecule has 1 N–H and O–H groups in total. The number of halogens is 1. The number of ether oxygens (including phenoxy) is 3. The van der Waals surface area contributed by atoms with E-state index >= 15 is 0 Å². The molecule has 1 saturated carbocycles. The predicted molar refractivity (Wildman–Crippen MR) is 124 cm³/mol. The van der Waals surface area contributed by atoms with E-state index in [1.54, 1.807) is 18.2 Å². The Balaban J connectivity index is 1.64. The van der Waals surface area contributed by atoms with Gasteiger partial charge in [0, 0.05) is 23.4 Å². The van der Waals surface area contributed by atoms with Crippen LogP contribution in [0.4, 0.5) is 0 Å². The molecule has 4 rings (SSSR count). The van der Waals surface area contributed by atoms with Gasteiger partial charge in [0.1, 0.15) is 30.0 Å². The van der Waals surface area contributed by atoms with Crippen molar-refractivity contribution >= 4 is 29.6 Å². The van der Waals surface area contributed by atoms with Gasteiger partial charge in [0.25, 0.3) is 0 Å². The molecule has 1 aromatic rings. The second-order valence-corrected chi connectivity index (χ2v) is 10.7. The summed E-state index contributed by atoms with van der Waals surface area (Å²) in [4.78, 5) is 25.0. The summed E-state index contributed by atoms with van der Waals surface area (Å²) in [5, 5.41) is 9.90. The van der Waals surface area contributed by atoms with E-state index in [2.05, 4.69) is 20.8 Å². The molecule has 180 valence electrons. The summed E-state index contributed by atoms with van der Waals surface area (Å²) in [6.07, 6.45) is 4.56. The monoisotopic (exact) mass is 476 g/mol. The summed E-state index contributed by atoms with van der Waals surface area (Å²) in [6, 6.07) is 7.21. The number of aliphatic hydroxyl groups is 1. The number of hydrogen-bond donors (Lipinski definition) is 1. The summed E-state index contributed by atoms with van der Waals surface area (Å²) >= 11 is 5.94. The lowest BCUT2D eigenvalue weighted by atomic mass is 9.69. The third-order valence-corrected chi connectivity index (χ3v) is 8.33. The van der Waals surface area contributed by atoms with Gasteiger partial charge >= 0.3 is 11.9 Å². The van der Waals surface area contributed by atoms with Gasteiger partial charge in [-0.25, -0.2) is 9.59 Å². The molecule has 7 heteroatoms. The molecule has 1 aliphatic carbocycles. The molecular weight excluding hydrogens is 444 g/mol. The zero-order valence-corrected chi connectivity index (χ0v) is 20.4. The van der Waals surface area contributed by atoms with Gasteiger partial charge in [-0.05, 0) is 61.3 Å². The van der Waals surface area contributed by atoms with Crippen LogP contribution in [0.25, 0.3) is 6.08 Å². The van der Waals surface area contributed by atoms with Crippen LogP contribution in [-0.4, -0.2) is 47.1 Å². The highest BCUT2D eigenvalue weighted by Crippen LogP contribution is 2.63. The second-order valence-electron chi connectivity index (χ2n) is 10.2. The Morgan fingerprint density at radius 1 is 1.24 bits per heavy atom. The molecule has 33 heavy (non-hydrogen) atoms. The number of fused-ring (bicyclic) bond motifs is 4. The van der Waals surface area contributed by atoms with E-state index in [0.29, 0.717) is 17.4 Å². The van der Waals surface area contributed by atoms with Crippen LogP contribution >= 0.6 is 11.6 Å². The first kappa shape index (κ1) is 24.2. The zero-order valence-electron chi connectivity index (χ0n) is 19.6. The molecule has 1 aromatic carbocycles. The van der Waals surface area contributed by atoms with Gasteiger partial charge in [-0.15, -0.1) is 0 Å². The Morgan fingerprint density at radius 3 is 2.58 bits per heavy atom. The molecule has 7 atom stereocenters. The number of carbonyl (C=O) groups is 2. The fraction of sp³-hybridized carbons (Fsp3) is 0.615. The maximum absolute atomic E-state index is 13.0. The normalized spacial score (nSPS) is 37.4. The lowest BCUT2D eigenvalue weighted by Gasteiger charge is -2.52. The quantitative estimate of drug-likeness (QED) is 0.483. The molecule has 2 heterocycles. The summed E-state index contributed by atoms with van der Waals surface area (Å²) in [6.45, 7) is 7.66. The highest BCUT2D eigenvalue weighted by Gasteiger charge is 2.72.